The molecule has 1 aliphatic carbocycles. The second-order valence-corrected chi connectivity index (χ2v) is 12.6. The van der Waals surface area contributed by atoms with E-state index in [0.29, 0.717) is 46.9 Å². The van der Waals surface area contributed by atoms with Gasteiger partial charge in [0.05, 0.1) is 39.0 Å². The van der Waals surface area contributed by atoms with Crippen molar-refractivity contribution < 1.29 is 8.78 Å². The van der Waals surface area contributed by atoms with Gasteiger partial charge in [-0.25, -0.2) is 8.78 Å². The van der Waals surface area contributed by atoms with Gasteiger partial charge in [-0.1, -0.05) is 50.4 Å². The molecule has 4 aromatic rings. The van der Waals surface area contributed by atoms with Crippen LogP contribution in [0.4, 0.5) is 20.2 Å². The summed E-state index contributed by atoms with van der Waals surface area (Å²) in [5, 5.41) is 15.4. The summed E-state index contributed by atoms with van der Waals surface area (Å²) in [6, 6.07) is 9.21. The van der Waals surface area contributed by atoms with Crippen molar-refractivity contribution in [2.75, 3.05) is 17.2 Å². The van der Waals surface area contributed by atoms with Gasteiger partial charge in [0.15, 0.2) is 0 Å². The number of rotatable bonds is 8. The van der Waals surface area contributed by atoms with Gasteiger partial charge < -0.3 is 16.1 Å². The molecular weight excluding hydrogens is 558 g/mol. The van der Waals surface area contributed by atoms with E-state index in [-0.39, 0.29) is 5.41 Å². The van der Waals surface area contributed by atoms with E-state index in [1.54, 1.807) is 17.1 Å². The topological polar surface area (TPSA) is 82.1 Å². The first-order valence-corrected chi connectivity index (χ1v) is 14.2. The van der Waals surface area contributed by atoms with Crippen molar-refractivity contribution in [1.82, 2.24) is 30.7 Å². The highest BCUT2D eigenvalue weighted by Crippen LogP contribution is 2.47. The van der Waals surface area contributed by atoms with Gasteiger partial charge in [0.1, 0.15) is 5.54 Å². The number of hydrogen-bond donors (Lipinski definition) is 4. The molecule has 2 aromatic heterocycles. The maximum atomic E-state index is 14.0. The van der Waals surface area contributed by atoms with Gasteiger partial charge in [-0.05, 0) is 42.0 Å². The van der Waals surface area contributed by atoms with Crippen molar-refractivity contribution in [2.45, 2.75) is 51.6 Å². The zero-order valence-corrected chi connectivity index (χ0v) is 24.7. The smallest absolute Gasteiger partial charge is 0.262 e. The fourth-order valence-electron chi connectivity index (χ4n) is 5.33. The molecule has 1 atom stereocenters. The lowest BCUT2D eigenvalue weighted by Gasteiger charge is -2.25. The van der Waals surface area contributed by atoms with Crippen LogP contribution >= 0.6 is 11.6 Å². The van der Waals surface area contributed by atoms with Crippen LogP contribution in [-0.2, 0) is 7.05 Å². The van der Waals surface area contributed by atoms with Crippen LogP contribution in [0.3, 0.4) is 0 Å². The summed E-state index contributed by atoms with van der Waals surface area (Å²) >= 11 is 6.80. The molecule has 42 heavy (non-hydrogen) atoms. The minimum Gasteiger partial charge on any atom is -0.383 e. The third-order valence-electron chi connectivity index (χ3n) is 7.74. The number of hydrazine groups is 2. The van der Waals surface area contributed by atoms with Crippen molar-refractivity contribution in [3.8, 4) is 12.3 Å². The minimum absolute atomic E-state index is 0.00521. The molecule has 1 saturated carbocycles. The van der Waals surface area contributed by atoms with Gasteiger partial charge in [0.2, 0.25) is 0 Å². The van der Waals surface area contributed by atoms with E-state index in [1.165, 1.54) is 5.01 Å². The number of fused-ring (bicyclic) bond motifs is 2. The molecule has 6 rings (SSSR count). The van der Waals surface area contributed by atoms with Gasteiger partial charge >= 0.3 is 0 Å². The number of aryl methyl sites for hydroxylation is 1. The predicted octanol–water partition coefficient (Wildman–Crippen LogP) is 6.33. The Bertz CT molecular complexity index is 1750. The van der Waals surface area contributed by atoms with Gasteiger partial charge in [0, 0.05) is 48.6 Å². The van der Waals surface area contributed by atoms with Crippen molar-refractivity contribution in [2.24, 2.45) is 12.5 Å². The minimum atomic E-state index is -2.48. The van der Waals surface area contributed by atoms with Crippen LogP contribution in [0.25, 0.3) is 21.8 Å². The first kappa shape index (κ1) is 28.1. The highest BCUT2D eigenvalue weighted by Gasteiger charge is 2.56. The maximum Gasteiger partial charge on any atom is 0.262 e. The van der Waals surface area contributed by atoms with Crippen LogP contribution in [0.15, 0.2) is 54.6 Å². The molecule has 3 heterocycles. The Hall–Kier alpha value is -4.07. The largest absolute Gasteiger partial charge is 0.383 e. The molecular formula is C31H33ClF2N8. The van der Waals surface area contributed by atoms with Crippen molar-refractivity contribution in [3.63, 3.8) is 0 Å². The molecule has 11 heteroatoms. The van der Waals surface area contributed by atoms with Gasteiger partial charge in [0.25, 0.3) is 6.43 Å². The van der Waals surface area contributed by atoms with E-state index < -0.39 is 18.0 Å². The Morgan fingerprint density at radius 3 is 2.69 bits per heavy atom. The van der Waals surface area contributed by atoms with Crippen LogP contribution in [-0.4, -0.2) is 38.3 Å². The van der Waals surface area contributed by atoms with E-state index in [1.807, 2.05) is 43.6 Å². The first-order valence-electron chi connectivity index (χ1n) is 13.8. The fourth-order valence-corrected chi connectivity index (χ4v) is 5.60. The average Bonchev–Trinajstić information content (AvgIpc) is 3.44. The van der Waals surface area contributed by atoms with E-state index in [2.05, 4.69) is 58.4 Å². The van der Waals surface area contributed by atoms with E-state index in [4.69, 9.17) is 18.0 Å². The molecule has 0 amide bonds. The van der Waals surface area contributed by atoms with E-state index in [0.717, 1.165) is 27.5 Å². The summed E-state index contributed by atoms with van der Waals surface area (Å²) in [4.78, 5) is 4.55. The van der Waals surface area contributed by atoms with Crippen LogP contribution in [0.1, 0.15) is 50.8 Å². The SMILES string of the molecule is C#Cc1cnc2c(Cl)cc(N[C@H](C3=CN(C4(C(F)F)CC4)NN3)c3cccc4nn(C)cc34)cc2c1NCC(C)(C)C. The quantitative estimate of drug-likeness (QED) is 0.179. The molecule has 1 aliphatic heterocycles. The predicted molar refractivity (Wildman–Crippen MR) is 164 cm³/mol. The summed E-state index contributed by atoms with van der Waals surface area (Å²) in [6.45, 7) is 7.11. The highest BCUT2D eigenvalue weighted by atomic mass is 35.5. The number of nitrogens with one attached hydrogen (secondary N) is 4. The average molecular weight is 591 g/mol. The number of alkyl halides is 2. The summed E-state index contributed by atoms with van der Waals surface area (Å²) in [6.07, 6.45) is 9.53. The number of pyridine rings is 1. The van der Waals surface area contributed by atoms with Crippen LogP contribution < -0.4 is 21.6 Å². The third-order valence-corrected chi connectivity index (χ3v) is 8.03. The lowest BCUT2D eigenvalue weighted by molar-refractivity contribution is 0.00911. The standard InChI is InChI=1S/C31H33ClF2N8/c1-6-18-14-35-27-21(26(18)36-17-30(2,3)4)12-19(13-23(27)32)37-28(20-8-7-9-24-22(20)15-41(5)39-24)25-16-42(40-38-25)31(10-11-31)29(33)34/h1,7-9,12-16,28-29,37-38,40H,10-11,17H2,2-5H3,(H,35,36)/t28-/m0/s1. The Balaban J connectivity index is 1.46. The zero-order valence-electron chi connectivity index (χ0n) is 23.9. The molecule has 0 saturated heterocycles. The molecule has 2 aliphatic rings. The van der Waals surface area contributed by atoms with E-state index in [9.17, 15) is 8.78 Å². The maximum absolute atomic E-state index is 14.0. The van der Waals surface area contributed by atoms with Crippen LogP contribution in [0.5, 0.6) is 0 Å². The first-order chi connectivity index (χ1) is 20.0. The van der Waals surface area contributed by atoms with Crippen molar-refractivity contribution in [1.29, 1.82) is 0 Å². The second kappa shape index (κ2) is 10.3. The molecule has 0 unspecified atom stereocenters. The number of aromatic nitrogens is 3. The normalized spacial score (nSPS) is 16.8. The fraction of sp³-hybridized carbons (Fsp3) is 0.355. The summed E-state index contributed by atoms with van der Waals surface area (Å²) in [5.41, 5.74) is 10.1. The molecule has 2 aromatic carbocycles. The van der Waals surface area contributed by atoms with Gasteiger partial charge in [-0.2, -0.15) is 5.10 Å². The lowest BCUT2D eigenvalue weighted by atomic mass is 9.96. The molecule has 4 N–H and O–H groups in total. The summed E-state index contributed by atoms with van der Waals surface area (Å²) in [5.74, 6) is 2.74. The molecule has 0 bridgehead atoms. The molecule has 0 spiro atoms. The van der Waals surface area contributed by atoms with Crippen molar-refractivity contribution >= 4 is 44.8 Å². The van der Waals surface area contributed by atoms with Crippen LogP contribution in [0, 0.1) is 17.8 Å². The number of nitrogens with zero attached hydrogens (tertiary/aromatic N) is 4. The Labute approximate surface area is 248 Å². The van der Waals surface area contributed by atoms with Gasteiger partial charge in [-0.3, -0.25) is 14.7 Å². The number of terminal acetylenes is 1. The summed E-state index contributed by atoms with van der Waals surface area (Å²) in [7, 11) is 1.87. The third kappa shape index (κ3) is 5.08. The molecule has 218 valence electrons. The lowest BCUT2D eigenvalue weighted by Crippen LogP contribution is -2.48. The Morgan fingerprint density at radius 1 is 1.21 bits per heavy atom. The molecule has 1 fully saturated rings. The van der Waals surface area contributed by atoms with E-state index >= 15 is 0 Å². The zero-order chi connectivity index (χ0) is 29.8. The number of hydrogen-bond acceptors (Lipinski definition) is 7. The second-order valence-electron chi connectivity index (χ2n) is 12.2. The Morgan fingerprint density at radius 2 is 2.00 bits per heavy atom. The number of halogens is 3. The monoisotopic (exact) mass is 590 g/mol. The number of anilines is 2. The van der Waals surface area contributed by atoms with Crippen molar-refractivity contribution in [3.05, 3.63) is 70.8 Å². The Kier molecular flexibility index (Phi) is 6.90. The highest BCUT2D eigenvalue weighted by molar-refractivity contribution is 6.35. The van der Waals surface area contributed by atoms with Gasteiger partial charge in [-0.15, -0.1) is 12.0 Å². The van der Waals surface area contributed by atoms with Crippen LogP contribution in [0.2, 0.25) is 5.02 Å². The summed E-state index contributed by atoms with van der Waals surface area (Å²) < 4.78 is 29.7. The molecule has 8 nitrogen and oxygen atoms in total. The molecule has 0 radical (unpaired) electrons. The number of benzene rings is 2.